The van der Waals surface area contributed by atoms with Gasteiger partial charge in [0.25, 0.3) is 0 Å². The summed E-state index contributed by atoms with van der Waals surface area (Å²) in [7, 11) is 1.87. The molecule has 1 saturated carbocycles. The molecule has 4 aromatic rings. The van der Waals surface area contributed by atoms with Crippen LogP contribution in [0.3, 0.4) is 0 Å². The highest BCUT2D eigenvalue weighted by Gasteiger charge is 2.22. The topological polar surface area (TPSA) is 71.0 Å². The normalized spacial score (nSPS) is 14.0. The van der Waals surface area contributed by atoms with Crippen molar-refractivity contribution in [1.82, 2.24) is 19.9 Å². The highest BCUT2D eigenvalue weighted by molar-refractivity contribution is 5.92. The third-order valence-corrected chi connectivity index (χ3v) is 7.13. The van der Waals surface area contributed by atoms with Gasteiger partial charge in [0.1, 0.15) is 12.1 Å². The summed E-state index contributed by atoms with van der Waals surface area (Å²) in [6.45, 7) is 1.09. The minimum absolute atomic E-state index is 0.222. The monoisotopic (exact) mass is 479 g/mol. The summed E-state index contributed by atoms with van der Waals surface area (Å²) in [5.74, 6) is 1.54. The number of nitrogens with zero attached hydrogens (tertiary/aromatic N) is 4. The van der Waals surface area contributed by atoms with Gasteiger partial charge in [-0.15, -0.1) is 0 Å². The van der Waals surface area contributed by atoms with E-state index in [1.54, 1.807) is 12.5 Å². The minimum atomic E-state index is 0.222. The lowest BCUT2D eigenvalue weighted by molar-refractivity contribution is -0.133. The summed E-state index contributed by atoms with van der Waals surface area (Å²) in [5.41, 5.74) is 5.14. The molecule has 2 aromatic carbocycles. The van der Waals surface area contributed by atoms with Crippen LogP contribution in [0.25, 0.3) is 22.0 Å². The highest BCUT2D eigenvalue weighted by atomic mass is 16.2. The van der Waals surface area contributed by atoms with E-state index in [0.717, 1.165) is 39.1 Å². The largest absolute Gasteiger partial charge is 0.373 e. The van der Waals surface area contributed by atoms with Crippen LogP contribution in [0, 0.1) is 5.92 Å². The molecule has 0 atom stereocenters. The summed E-state index contributed by atoms with van der Waals surface area (Å²) in [6.07, 6.45) is 10.1. The fraction of sp³-hybridized carbons (Fsp3) is 0.333. The molecule has 2 aromatic heterocycles. The zero-order chi connectivity index (χ0) is 24.7. The van der Waals surface area contributed by atoms with Gasteiger partial charge in [0.05, 0.1) is 17.8 Å². The number of benzene rings is 2. The van der Waals surface area contributed by atoms with Crippen LogP contribution < -0.4 is 5.32 Å². The van der Waals surface area contributed by atoms with Gasteiger partial charge in [-0.05, 0) is 65.8 Å². The molecule has 36 heavy (non-hydrogen) atoms. The van der Waals surface area contributed by atoms with E-state index in [0.29, 0.717) is 25.4 Å². The molecule has 5 rings (SSSR count). The molecule has 0 radical (unpaired) electrons. The Kier molecular flexibility index (Phi) is 7.50. The highest BCUT2D eigenvalue weighted by Crippen LogP contribution is 2.29. The van der Waals surface area contributed by atoms with E-state index < -0.39 is 0 Å². The van der Waals surface area contributed by atoms with Crippen molar-refractivity contribution < 1.29 is 4.79 Å². The van der Waals surface area contributed by atoms with Gasteiger partial charge in [-0.3, -0.25) is 9.78 Å². The number of aromatic nitrogens is 3. The Labute approximate surface area is 212 Å². The zero-order valence-corrected chi connectivity index (χ0v) is 20.9. The first-order chi connectivity index (χ1) is 17.7. The Hall–Kier alpha value is -3.80. The second-order valence-electron chi connectivity index (χ2n) is 9.68. The standard InChI is InChI=1S/C30H33N5O/c1-31-30-27-18-25(13-14-28(27)33-21-34-30)24-11-7-10-23(16-24)19-35(20-26-12-5-6-15-32-26)29(36)17-22-8-3-2-4-9-22/h5-7,10-16,18,21-22H,2-4,8-9,17,19-20H2,1H3,(H,31,33,34). The molecule has 1 fully saturated rings. The van der Waals surface area contributed by atoms with Gasteiger partial charge < -0.3 is 10.2 Å². The molecule has 1 amide bonds. The van der Waals surface area contributed by atoms with E-state index in [-0.39, 0.29) is 5.91 Å². The maximum Gasteiger partial charge on any atom is 0.223 e. The summed E-state index contributed by atoms with van der Waals surface area (Å²) in [5, 5.41) is 4.14. The van der Waals surface area contributed by atoms with E-state index in [1.165, 1.54) is 32.1 Å². The van der Waals surface area contributed by atoms with Crippen LogP contribution in [0.5, 0.6) is 0 Å². The number of fused-ring (bicyclic) bond motifs is 1. The van der Waals surface area contributed by atoms with E-state index in [1.807, 2.05) is 36.2 Å². The average Bonchev–Trinajstić information content (AvgIpc) is 2.93. The van der Waals surface area contributed by atoms with Crippen molar-refractivity contribution >= 4 is 22.6 Å². The molecule has 0 spiro atoms. The molecule has 1 N–H and O–H groups in total. The lowest BCUT2D eigenvalue weighted by atomic mass is 9.86. The quantitative estimate of drug-likeness (QED) is 0.324. The summed E-state index contributed by atoms with van der Waals surface area (Å²) in [4.78, 5) is 28.7. The van der Waals surface area contributed by atoms with Crippen molar-refractivity contribution in [2.24, 2.45) is 5.92 Å². The van der Waals surface area contributed by atoms with E-state index in [4.69, 9.17) is 0 Å². The van der Waals surface area contributed by atoms with Crippen LogP contribution in [-0.2, 0) is 17.9 Å². The van der Waals surface area contributed by atoms with Crippen LogP contribution in [0.15, 0.2) is 73.2 Å². The number of pyridine rings is 1. The number of carbonyl (C=O) groups is 1. The van der Waals surface area contributed by atoms with Gasteiger partial charge in [-0.25, -0.2) is 9.97 Å². The average molecular weight is 480 g/mol. The number of amides is 1. The third-order valence-electron chi connectivity index (χ3n) is 7.13. The van der Waals surface area contributed by atoms with Crippen LogP contribution in [0.4, 0.5) is 5.82 Å². The fourth-order valence-electron chi connectivity index (χ4n) is 5.19. The lowest BCUT2D eigenvalue weighted by Crippen LogP contribution is -2.32. The predicted octanol–water partition coefficient (Wildman–Crippen LogP) is 6.23. The van der Waals surface area contributed by atoms with Gasteiger partial charge >= 0.3 is 0 Å². The maximum absolute atomic E-state index is 13.5. The molecular formula is C30H33N5O. The third kappa shape index (κ3) is 5.70. The first kappa shape index (κ1) is 23.9. The van der Waals surface area contributed by atoms with Gasteiger partial charge in [-0.1, -0.05) is 49.6 Å². The van der Waals surface area contributed by atoms with Crippen molar-refractivity contribution in [3.05, 3.63) is 84.4 Å². The fourth-order valence-corrected chi connectivity index (χ4v) is 5.19. The molecule has 0 bridgehead atoms. The SMILES string of the molecule is CNc1ncnc2ccc(-c3cccc(CN(Cc4ccccn4)C(=O)CC4CCCCC4)c3)cc12. The molecule has 0 aliphatic heterocycles. The Balaban J connectivity index is 1.40. The number of hydrogen-bond acceptors (Lipinski definition) is 5. The van der Waals surface area contributed by atoms with Gasteiger partial charge in [0.15, 0.2) is 0 Å². The molecule has 1 aliphatic carbocycles. The smallest absolute Gasteiger partial charge is 0.223 e. The maximum atomic E-state index is 13.5. The molecular weight excluding hydrogens is 446 g/mol. The molecule has 0 saturated heterocycles. The Morgan fingerprint density at radius 3 is 2.58 bits per heavy atom. The number of nitrogens with one attached hydrogen (secondary N) is 1. The van der Waals surface area contributed by atoms with Crippen LogP contribution in [0.1, 0.15) is 49.8 Å². The number of hydrogen-bond donors (Lipinski definition) is 1. The molecule has 184 valence electrons. The molecule has 6 nitrogen and oxygen atoms in total. The minimum Gasteiger partial charge on any atom is -0.373 e. The van der Waals surface area contributed by atoms with Crippen LogP contribution in [0.2, 0.25) is 0 Å². The predicted molar refractivity (Wildman–Crippen MR) is 144 cm³/mol. The number of carbonyl (C=O) groups excluding carboxylic acids is 1. The number of rotatable bonds is 8. The van der Waals surface area contributed by atoms with Crippen molar-refractivity contribution in [3.8, 4) is 11.1 Å². The Morgan fingerprint density at radius 1 is 0.917 bits per heavy atom. The Bertz CT molecular complexity index is 1320. The summed E-state index contributed by atoms with van der Waals surface area (Å²) in [6, 6.07) is 20.6. The lowest BCUT2D eigenvalue weighted by Gasteiger charge is -2.27. The molecule has 6 heteroatoms. The first-order valence-electron chi connectivity index (χ1n) is 12.9. The van der Waals surface area contributed by atoms with Gasteiger partial charge in [0.2, 0.25) is 5.91 Å². The molecule has 0 unspecified atom stereocenters. The van der Waals surface area contributed by atoms with E-state index in [2.05, 4.69) is 56.7 Å². The summed E-state index contributed by atoms with van der Waals surface area (Å²) >= 11 is 0. The van der Waals surface area contributed by atoms with Crippen molar-refractivity contribution in [1.29, 1.82) is 0 Å². The van der Waals surface area contributed by atoms with E-state index >= 15 is 0 Å². The second-order valence-corrected chi connectivity index (χ2v) is 9.68. The summed E-state index contributed by atoms with van der Waals surface area (Å²) < 4.78 is 0. The van der Waals surface area contributed by atoms with Crippen molar-refractivity contribution in [2.45, 2.75) is 51.6 Å². The second kappa shape index (κ2) is 11.3. The molecule has 2 heterocycles. The Morgan fingerprint density at radius 2 is 1.78 bits per heavy atom. The zero-order valence-electron chi connectivity index (χ0n) is 20.9. The first-order valence-corrected chi connectivity index (χ1v) is 12.9. The van der Waals surface area contributed by atoms with Gasteiger partial charge in [-0.2, -0.15) is 0 Å². The van der Waals surface area contributed by atoms with Crippen LogP contribution in [-0.4, -0.2) is 32.8 Å². The van der Waals surface area contributed by atoms with Gasteiger partial charge in [0, 0.05) is 31.6 Å². The number of anilines is 1. The van der Waals surface area contributed by atoms with E-state index in [9.17, 15) is 4.79 Å². The van der Waals surface area contributed by atoms with Crippen molar-refractivity contribution in [3.63, 3.8) is 0 Å². The van der Waals surface area contributed by atoms with Crippen LogP contribution >= 0.6 is 0 Å². The van der Waals surface area contributed by atoms with Crippen molar-refractivity contribution in [2.75, 3.05) is 12.4 Å². The molecule has 1 aliphatic rings.